The maximum absolute atomic E-state index is 12.3. The van der Waals surface area contributed by atoms with E-state index in [0.717, 1.165) is 32.1 Å². The lowest BCUT2D eigenvalue weighted by Gasteiger charge is -2.16. The molecule has 0 aromatic heterocycles. The van der Waals surface area contributed by atoms with Gasteiger partial charge >= 0.3 is 0 Å². The molecule has 128 valence electrons. The number of carbonyl (C=O) groups is 1. The van der Waals surface area contributed by atoms with Gasteiger partial charge in [0.25, 0.3) is 5.91 Å². The van der Waals surface area contributed by atoms with E-state index in [0.29, 0.717) is 12.1 Å². The Kier molecular flexibility index (Phi) is 6.15. The number of rotatable bonds is 9. The molecule has 23 heavy (non-hydrogen) atoms. The molecule has 1 aliphatic carbocycles. The molecule has 1 amide bonds. The standard InChI is InChI=1S/C16H25N3O3S/c1-2-3-6-14(11-17)18-16(20)12-5-4-7-15(10-12)23(21,22)19-13-8-9-13/h4-5,7,10,13-14,19H,2-3,6,8-9,11,17H2,1H3,(H,18,20). The summed E-state index contributed by atoms with van der Waals surface area (Å²) in [7, 11) is -3.56. The van der Waals surface area contributed by atoms with Crippen molar-refractivity contribution >= 4 is 15.9 Å². The maximum atomic E-state index is 12.3. The van der Waals surface area contributed by atoms with Crippen molar-refractivity contribution in [2.24, 2.45) is 5.73 Å². The van der Waals surface area contributed by atoms with E-state index in [-0.39, 0.29) is 22.9 Å². The molecular weight excluding hydrogens is 314 g/mol. The van der Waals surface area contributed by atoms with E-state index >= 15 is 0 Å². The first-order valence-electron chi connectivity index (χ1n) is 8.09. The second kappa shape index (κ2) is 7.90. The van der Waals surface area contributed by atoms with Crippen molar-refractivity contribution in [2.75, 3.05) is 6.54 Å². The zero-order valence-corrected chi connectivity index (χ0v) is 14.2. The number of nitrogens with one attached hydrogen (secondary N) is 2. The molecule has 1 aromatic carbocycles. The van der Waals surface area contributed by atoms with Gasteiger partial charge in [0.05, 0.1) is 4.90 Å². The summed E-state index contributed by atoms with van der Waals surface area (Å²) >= 11 is 0. The largest absolute Gasteiger partial charge is 0.348 e. The van der Waals surface area contributed by atoms with Crippen LogP contribution in [0.2, 0.25) is 0 Å². The number of hydrogen-bond acceptors (Lipinski definition) is 4. The highest BCUT2D eigenvalue weighted by atomic mass is 32.2. The average Bonchev–Trinajstić information content (AvgIpc) is 3.34. The third-order valence-electron chi connectivity index (χ3n) is 3.83. The smallest absolute Gasteiger partial charge is 0.251 e. The van der Waals surface area contributed by atoms with Crippen molar-refractivity contribution in [3.05, 3.63) is 29.8 Å². The van der Waals surface area contributed by atoms with Gasteiger partial charge in [-0.05, 0) is 37.5 Å². The summed E-state index contributed by atoms with van der Waals surface area (Å²) in [5.74, 6) is -0.292. The predicted molar refractivity (Wildman–Crippen MR) is 89.6 cm³/mol. The summed E-state index contributed by atoms with van der Waals surface area (Å²) in [5, 5.41) is 2.87. The Labute approximate surface area is 137 Å². The van der Waals surface area contributed by atoms with Crippen LogP contribution >= 0.6 is 0 Å². The van der Waals surface area contributed by atoms with Gasteiger partial charge in [-0.1, -0.05) is 25.8 Å². The Morgan fingerprint density at radius 3 is 2.74 bits per heavy atom. The Hall–Kier alpha value is -1.44. The highest BCUT2D eigenvalue weighted by molar-refractivity contribution is 7.89. The van der Waals surface area contributed by atoms with Gasteiger partial charge in [0.2, 0.25) is 10.0 Å². The molecule has 4 N–H and O–H groups in total. The molecule has 1 saturated carbocycles. The van der Waals surface area contributed by atoms with Crippen molar-refractivity contribution in [2.45, 2.75) is 56.0 Å². The molecule has 0 heterocycles. The zero-order valence-electron chi connectivity index (χ0n) is 13.4. The van der Waals surface area contributed by atoms with Crippen LogP contribution in [0.25, 0.3) is 0 Å². The molecule has 0 radical (unpaired) electrons. The molecule has 0 saturated heterocycles. The molecule has 0 bridgehead atoms. The normalized spacial score (nSPS) is 16.1. The number of hydrogen-bond donors (Lipinski definition) is 3. The van der Waals surface area contributed by atoms with Crippen LogP contribution in [0.3, 0.4) is 0 Å². The van der Waals surface area contributed by atoms with Gasteiger partial charge in [-0.3, -0.25) is 4.79 Å². The summed E-state index contributed by atoms with van der Waals surface area (Å²) in [6.07, 6.45) is 4.58. The van der Waals surface area contributed by atoms with Crippen molar-refractivity contribution < 1.29 is 13.2 Å². The molecule has 1 unspecified atom stereocenters. The molecular formula is C16H25N3O3S. The highest BCUT2D eigenvalue weighted by Gasteiger charge is 2.28. The van der Waals surface area contributed by atoms with Gasteiger partial charge in [-0.25, -0.2) is 13.1 Å². The summed E-state index contributed by atoms with van der Waals surface area (Å²) in [6, 6.07) is 6.05. The number of nitrogens with two attached hydrogens (primary N) is 1. The highest BCUT2D eigenvalue weighted by Crippen LogP contribution is 2.22. The Morgan fingerprint density at radius 1 is 1.39 bits per heavy atom. The Balaban J connectivity index is 2.07. The minimum atomic E-state index is -3.56. The Bertz CT molecular complexity index is 642. The van der Waals surface area contributed by atoms with Crippen LogP contribution in [-0.2, 0) is 10.0 Å². The zero-order chi connectivity index (χ0) is 16.9. The van der Waals surface area contributed by atoms with Crippen LogP contribution < -0.4 is 15.8 Å². The molecule has 1 aliphatic rings. The Morgan fingerprint density at radius 2 is 2.13 bits per heavy atom. The van der Waals surface area contributed by atoms with Crippen LogP contribution in [-0.4, -0.2) is 33.0 Å². The van der Waals surface area contributed by atoms with Crippen LogP contribution in [0.15, 0.2) is 29.2 Å². The van der Waals surface area contributed by atoms with Gasteiger partial charge in [-0.2, -0.15) is 0 Å². The molecule has 7 heteroatoms. The third kappa shape index (κ3) is 5.30. The first-order chi connectivity index (χ1) is 11.0. The van der Waals surface area contributed by atoms with Crippen molar-refractivity contribution in [3.8, 4) is 0 Å². The van der Waals surface area contributed by atoms with Crippen LogP contribution in [0.1, 0.15) is 49.4 Å². The number of benzene rings is 1. The average molecular weight is 339 g/mol. The van der Waals surface area contributed by atoms with Crippen LogP contribution in [0.4, 0.5) is 0 Å². The number of sulfonamides is 1. The summed E-state index contributed by atoms with van der Waals surface area (Å²) in [4.78, 5) is 12.4. The van der Waals surface area contributed by atoms with E-state index in [4.69, 9.17) is 5.73 Å². The number of unbranched alkanes of at least 4 members (excludes halogenated alkanes) is 1. The van der Waals surface area contributed by atoms with Crippen molar-refractivity contribution in [1.82, 2.24) is 10.0 Å². The maximum Gasteiger partial charge on any atom is 0.251 e. The molecule has 1 fully saturated rings. The van der Waals surface area contributed by atoms with E-state index < -0.39 is 10.0 Å². The van der Waals surface area contributed by atoms with Gasteiger partial charge in [0, 0.05) is 24.2 Å². The number of carbonyl (C=O) groups excluding carboxylic acids is 1. The topological polar surface area (TPSA) is 101 Å². The lowest BCUT2D eigenvalue weighted by atomic mass is 10.1. The fourth-order valence-corrected chi connectivity index (χ4v) is 3.61. The molecule has 1 aromatic rings. The van der Waals surface area contributed by atoms with Crippen molar-refractivity contribution in [3.63, 3.8) is 0 Å². The molecule has 0 spiro atoms. The monoisotopic (exact) mass is 339 g/mol. The van der Waals surface area contributed by atoms with E-state index in [9.17, 15) is 13.2 Å². The van der Waals surface area contributed by atoms with Gasteiger partial charge in [0.1, 0.15) is 0 Å². The summed E-state index contributed by atoms with van der Waals surface area (Å²) < 4.78 is 27.0. The third-order valence-corrected chi connectivity index (χ3v) is 5.35. The van der Waals surface area contributed by atoms with E-state index in [2.05, 4.69) is 17.0 Å². The molecule has 2 rings (SSSR count). The van der Waals surface area contributed by atoms with Crippen LogP contribution in [0.5, 0.6) is 0 Å². The summed E-state index contributed by atoms with van der Waals surface area (Å²) in [5.41, 5.74) is 6.01. The second-order valence-corrected chi connectivity index (χ2v) is 7.69. The minimum absolute atomic E-state index is 0.0353. The SMILES string of the molecule is CCCCC(CN)NC(=O)c1cccc(S(=O)(=O)NC2CC2)c1. The quantitative estimate of drug-likeness (QED) is 0.632. The molecule has 6 nitrogen and oxygen atoms in total. The van der Waals surface area contributed by atoms with E-state index in [1.165, 1.54) is 12.1 Å². The fraction of sp³-hybridized carbons (Fsp3) is 0.562. The lowest BCUT2D eigenvalue weighted by molar-refractivity contribution is 0.0935. The fourth-order valence-electron chi connectivity index (χ4n) is 2.26. The lowest BCUT2D eigenvalue weighted by Crippen LogP contribution is -2.40. The number of amides is 1. The predicted octanol–water partition coefficient (Wildman–Crippen LogP) is 1.37. The first kappa shape index (κ1) is 17.9. The van der Waals surface area contributed by atoms with Crippen LogP contribution in [0, 0.1) is 0 Å². The molecule has 1 atom stereocenters. The van der Waals surface area contributed by atoms with Crippen molar-refractivity contribution in [1.29, 1.82) is 0 Å². The minimum Gasteiger partial charge on any atom is -0.348 e. The summed E-state index contributed by atoms with van der Waals surface area (Å²) in [6.45, 7) is 2.45. The van der Waals surface area contributed by atoms with E-state index in [1.54, 1.807) is 12.1 Å². The van der Waals surface area contributed by atoms with Gasteiger partial charge in [-0.15, -0.1) is 0 Å². The second-order valence-electron chi connectivity index (χ2n) is 5.97. The van der Waals surface area contributed by atoms with Gasteiger partial charge < -0.3 is 11.1 Å². The molecule has 0 aliphatic heterocycles. The first-order valence-corrected chi connectivity index (χ1v) is 9.58. The van der Waals surface area contributed by atoms with E-state index in [1.807, 2.05) is 0 Å². The van der Waals surface area contributed by atoms with Gasteiger partial charge in [0.15, 0.2) is 0 Å².